The number of anilines is 1. The zero-order valence-electron chi connectivity index (χ0n) is 26.0. The quantitative estimate of drug-likeness (QED) is 0.301. The molecule has 4 rings (SSSR count). The molecule has 0 bridgehead atoms. The maximum Gasteiger partial charge on any atom is 0.344 e. The van der Waals surface area contributed by atoms with Gasteiger partial charge in [-0.1, -0.05) is 32.1 Å². The number of hydrogen-bond donors (Lipinski definition) is 2. The molecule has 1 aromatic carbocycles. The van der Waals surface area contributed by atoms with Gasteiger partial charge in [-0.25, -0.2) is 9.18 Å². The number of carbonyl (C=O) groups is 4. The highest BCUT2D eigenvalue weighted by atomic mass is 19.1. The number of esters is 2. The van der Waals surface area contributed by atoms with Crippen LogP contribution >= 0.6 is 0 Å². The summed E-state index contributed by atoms with van der Waals surface area (Å²) in [6.45, 7) is 6.92. The molecule has 2 saturated carbocycles. The number of ether oxygens (including phenoxy) is 2. The van der Waals surface area contributed by atoms with E-state index in [4.69, 9.17) is 15.2 Å². The monoisotopic (exact) mass is 601 g/mol. The number of benzene rings is 1. The summed E-state index contributed by atoms with van der Waals surface area (Å²) in [7, 11) is 0. The summed E-state index contributed by atoms with van der Waals surface area (Å²) in [5.41, 5.74) is 5.19. The Morgan fingerprint density at radius 3 is 2.28 bits per heavy atom. The number of carbonyl (C=O) groups excluding carboxylic acids is 4. The Kier molecular flexibility index (Phi) is 10.8. The molecular formula is C33H48FN3O6. The SMILES string of the molecule is CC(N)[C@H]1CC[C@H](C(=O)N2CC[C@@H](C3CCCCC3)[C@H]2C(=O)Nc2ccc(C(=O)OCOC(=O)C(C)(C)C)c(F)c2)CC1. The number of rotatable bonds is 8. The maximum atomic E-state index is 15.0. The van der Waals surface area contributed by atoms with Crippen molar-refractivity contribution in [2.24, 2.45) is 34.8 Å². The molecule has 0 aromatic heterocycles. The first kappa shape index (κ1) is 32.9. The molecule has 2 amide bonds. The van der Waals surface area contributed by atoms with Crippen LogP contribution in [0.3, 0.4) is 0 Å². The van der Waals surface area contributed by atoms with E-state index in [9.17, 15) is 23.6 Å². The molecule has 2 aliphatic carbocycles. The van der Waals surface area contributed by atoms with Gasteiger partial charge in [0.1, 0.15) is 11.9 Å². The summed E-state index contributed by atoms with van der Waals surface area (Å²) in [6, 6.07) is 3.22. The smallest absolute Gasteiger partial charge is 0.344 e. The molecule has 3 fully saturated rings. The second-order valence-electron chi connectivity index (χ2n) is 13.7. The van der Waals surface area contributed by atoms with Gasteiger partial charge in [-0.2, -0.15) is 0 Å². The van der Waals surface area contributed by atoms with Crippen LogP contribution in [0.15, 0.2) is 18.2 Å². The first-order valence-electron chi connectivity index (χ1n) is 15.9. The van der Waals surface area contributed by atoms with E-state index >= 15 is 0 Å². The number of amides is 2. The topological polar surface area (TPSA) is 128 Å². The summed E-state index contributed by atoms with van der Waals surface area (Å²) >= 11 is 0. The average molecular weight is 602 g/mol. The number of nitrogens with zero attached hydrogens (tertiary/aromatic N) is 1. The molecule has 10 heteroatoms. The van der Waals surface area contributed by atoms with E-state index in [0.29, 0.717) is 18.4 Å². The van der Waals surface area contributed by atoms with Crippen LogP contribution < -0.4 is 11.1 Å². The molecular weight excluding hydrogens is 553 g/mol. The Balaban J connectivity index is 1.44. The predicted molar refractivity (Wildman–Crippen MR) is 160 cm³/mol. The van der Waals surface area contributed by atoms with Gasteiger partial charge in [-0.15, -0.1) is 0 Å². The van der Waals surface area contributed by atoms with Gasteiger partial charge >= 0.3 is 11.9 Å². The third kappa shape index (κ3) is 8.13. The van der Waals surface area contributed by atoms with E-state index in [1.54, 1.807) is 25.7 Å². The van der Waals surface area contributed by atoms with Crippen LogP contribution in [0.2, 0.25) is 0 Å². The van der Waals surface area contributed by atoms with Gasteiger partial charge in [-0.3, -0.25) is 14.4 Å². The van der Waals surface area contributed by atoms with Gasteiger partial charge < -0.3 is 25.4 Å². The predicted octanol–water partition coefficient (Wildman–Crippen LogP) is 5.42. The lowest BCUT2D eigenvalue weighted by molar-refractivity contribution is -0.161. The lowest BCUT2D eigenvalue weighted by Gasteiger charge is -2.36. The minimum absolute atomic E-state index is 0.0398. The number of nitrogens with two attached hydrogens (primary N) is 1. The van der Waals surface area contributed by atoms with Crippen molar-refractivity contribution in [3.63, 3.8) is 0 Å². The van der Waals surface area contributed by atoms with E-state index < -0.39 is 36.0 Å². The third-order valence-corrected chi connectivity index (χ3v) is 9.57. The molecule has 1 aliphatic heterocycles. The second-order valence-corrected chi connectivity index (χ2v) is 13.7. The van der Waals surface area contributed by atoms with Gasteiger partial charge in [0.25, 0.3) is 0 Å². The highest BCUT2D eigenvalue weighted by Gasteiger charge is 2.47. The van der Waals surface area contributed by atoms with Gasteiger partial charge in [-0.05, 0) is 95.8 Å². The second kappa shape index (κ2) is 14.2. The molecule has 1 saturated heterocycles. The Bertz CT molecular complexity index is 1170. The summed E-state index contributed by atoms with van der Waals surface area (Å²) in [5.74, 6) is -1.96. The van der Waals surface area contributed by atoms with Crippen LogP contribution in [0.1, 0.15) is 102 Å². The number of nitrogens with one attached hydrogen (secondary N) is 1. The van der Waals surface area contributed by atoms with E-state index in [1.807, 2.05) is 6.92 Å². The van der Waals surface area contributed by atoms with Crippen molar-refractivity contribution in [3.8, 4) is 0 Å². The Labute approximate surface area is 254 Å². The molecule has 3 aliphatic rings. The van der Waals surface area contributed by atoms with Gasteiger partial charge in [0.15, 0.2) is 0 Å². The highest BCUT2D eigenvalue weighted by Crippen LogP contribution is 2.41. The molecule has 238 valence electrons. The molecule has 0 radical (unpaired) electrons. The average Bonchev–Trinajstić information content (AvgIpc) is 3.42. The van der Waals surface area contributed by atoms with Gasteiger partial charge in [0, 0.05) is 24.2 Å². The van der Waals surface area contributed by atoms with Crippen LogP contribution in [0.5, 0.6) is 0 Å². The van der Waals surface area contributed by atoms with Crippen LogP contribution in [0.4, 0.5) is 10.1 Å². The standard InChI is InChI=1S/C33H48FN3O6/c1-20(35)21-10-12-23(13-11-21)30(39)37-17-16-25(22-8-6-5-7-9-22)28(37)29(38)36-24-14-15-26(27(34)18-24)31(40)42-19-43-32(41)33(2,3)4/h14-15,18,20-23,25,28H,5-13,16-17,19,35H2,1-4H3,(H,36,38)/t20?,21-,23-,25-,28-/m0/s1. The molecule has 0 spiro atoms. The number of likely N-dealkylation sites (tertiary alicyclic amines) is 1. The summed E-state index contributed by atoms with van der Waals surface area (Å²) in [4.78, 5) is 53.7. The Morgan fingerprint density at radius 1 is 1.00 bits per heavy atom. The fraction of sp³-hybridized carbons (Fsp3) is 0.697. The lowest BCUT2D eigenvalue weighted by atomic mass is 9.76. The summed E-state index contributed by atoms with van der Waals surface area (Å²) in [5, 5.41) is 2.83. The van der Waals surface area contributed by atoms with Crippen LogP contribution in [0.25, 0.3) is 0 Å². The van der Waals surface area contributed by atoms with E-state index in [1.165, 1.54) is 18.6 Å². The Hall–Kier alpha value is -3.01. The molecule has 3 N–H and O–H groups in total. The van der Waals surface area contributed by atoms with Crippen molar-refractivity contribution >= 4 is 29.4 Å². The van der Waals surface area contributed by atoms with Crippen LogP contribution in [0, 0.1) is 34.9 Å². The maximum absolute atomic E-state index is 15.0. The fourth-order valence-corrected chi connectivity index (χ4v) is 6.99. The van der Waals surface area contributed by atoms with Crippen molar-refractivity contribution < 1.29 is 33.0 Å². The molecule has 1 heterocycles. The molecule has 43 heavy (non-hydrogen) atoms. The van der Waals surface area contributed by atoms with E-state index in [0.717, 1.165) is 63.9 Å². The fourth-order valence-electron chi connectivity index (χ4n) is 6.99. The third-order valence-electron chi connectivity index (χ3n) is 9.57. The molecule has 3 atom stereocenters. The van der Waals surface area contributed by atoms with Crippen LogP contribution in [-0.4, -0.2) is 54.1 Å². The molecule has 1 aromatic rings. The van der Waals surface area contributed by atoms with Crippen molar-refractivity contribution in [1.29, 1.82) is 0 Å². The zero-order valence-corrected chi connectivity index (χ0v) is 26.0. The largest absolute Gasteiger partial charge is 0.427 e. The van der Waals surface area contributed by atoms with Crippen molar-refractivity contribution in [2.45, 2.75) is 104 Å². The first-order chi connectivity index (χ1) is 20.4. The van der Waals surface area contributed by atoms with E-state index in [2.05, 4.69) is 5.32 Å². The summed E-state index contributed by atoms with van der Waals surface area (Å²) in [6.07, 6.45) is 9.71. The van der Waals surface area contributed by atoms with Gasteiger partial charge in [0.2, 0.25) is 18.6 Å². The minimum atomic E-state index is -0.985. The lowest BCUT2D eigenvalue weighted by Crippen LogP contribution is -2.50. The van der Waals surface area contributed by atoms with Gasteiger partial charge in [0.05, 0.1) is 11.0 Å². The molecule has 9 nitrogen and oxygen atoms in total. The summed E-state index contributed by atoms with van der Waals surface area (Å²) < 4.78 is 24.8. The molecule has 1 unspecified atom stereocenters. The first-order valence-corrected chi connectivity index (χ1v) is 15.9. The zero-order chi connectivity index (χ0) is 31.3. The van der Waals surface area contributed by atoms with Crippen molar-refractivity contribution in [2.75, 3.05) is 18.7 Å². The normalized spacial score (nSPS) is 25.6. The van der Waals surface area contributed by atoms with Crippen LogP contribution in [-0.2, 0) is 23.9 Å². The highest BCUT2D eigenvalue weighted by molar-refractivity contribution is 5.98. The van der Waals surface area contributed by atoms with E-state index in [-0.39, 0.29) is 40.9 Å². The Morgan fingerprint density at radius 2 is 1.67 bits per heavy atom. The van der Waals surface area contributed by atoms with Crippen molar-refractivity contribution in [3.05, 3.63) is 29.6 Å². The number of hydrogen-bond acceptors (Lipinski definition) is 7. The van der Waals surface area contributed by atoms with Crippen molar-refractivity contribution in [1.82, 2.24) is 4.90 Å². The number of halogens is 1. The minimum Gasteiger partial charge on any atom is -0.427 e.